The molecule has 0 saturated heterocycles. The van der Waals surface area contributed by atoms with Gasteiger partial charge in [-0.2, -0.15) is 52.7 Å². The molecule has 0 aromatic carbocycles. The van der Waals surface area contributed by atoms with Crippen LogP contribution < -0.4 is 0 Å². The minimum Gasteiger partial charge on any atom is -0.777 e. The molecule has 0 aliphatic carbocycles. The first kappa shape index (κ1) is 29.8. The average Bonchev–Trinajstić information content (AvgIpc) is 2.31. The van der Waals surface area contributed by atoms with E-state index in [1.165, 1.54) is 0 Å². The maximum Gasteiger partial charge on any atom is 0.391 e. The first-order chi connectivity index (χ1) is 10.1. The molecule has 0 aromatic rings. The van der Waals surface area contributed by atoms with Crippen molar-refractivity contribution in [2.45, 2.75) is 24.7 Å². The number of alkyl halides is 12. The van der Waals surface area contributed by atoms with E-state index in [1.807, 2.05) is 0 Å². The molecule has 17 heteroatoms. The van der Waals surface area contributed by atoms with Crippen LogP contribution in [0.2, 0.25) is 0 Å². The van der Waals surface area contributed by atoms with E-state index in [1.54, 1.807) is 0 Å². The number of hydrogen-bond donors (Lipinski definition) is 0. The molecule has 0 rings (SSSR count). The van der Waals surface area contributed by atoms with Gasteiger partial charge < -0.3 is 50.5 Å². The topological polar surface area (TPSA) is 0 Å². The first-order valence-corrected chi connectivity index (χ1v) is 6.22. The summed E-state index contributed by atoms with van der Waals surface area (Å²) in [7, 11) is 0. The predicted molar refractivity (Wildman–Crippen MR) is 67.7 cm³/mol. The quantitative estimate of drug-likeness (QED) is 0.260. The monoisotopic (exact) mass is 510 g/mol. The molecule has 0 heterocycles. The molecule has 0 spiro atoms. The summed E-state index contributed by atoms with van der Waals surface area (Å²) in [5, 5.41) is 0. The summed E-state index contributed by atoms with van der Waals surface area (Å²) in [5.74, 6) is 0. The molecular weight excluding hydrogens is 511 g/mol. The molecule has 0 N–H and O–H groups in total. The Hall–Kier alpha value is 0.0135. The fourth-order valence-corrected chi connectivity index (χ4v) is 0.978. The standard InChI is InChI=1S/2C4H2F6S2.Ni/c2*5-3(6,7)1(11)2(12)4(8,9)10;/h2*11-12H;/p-4/b2*2-1-;. The molecule has 0 amide bonds. The summed E-state index contributed by atoms with van der Waals surface area (Å²) >= 11 is 13.9. The van der Waals surface area contributed by atoms with Gasteiger partial charge in [-0.05, 0) is 0 Å². The van der Waals surface area contributed by atoms with Gasteiger partial charge in [-0.3, -0.25) is 0 Å². The smallest absolute Gasteiger partial charge is 0.391 e. The Morgan fingerprint density at radius 3 is 0.480 bits per heavy atom. The average molecular weight is 511 g/mol. The predicted octanol–water partition coefficient (Wildman–Crippen LogP) is 4.83. The zero-order chi connectivity index (χ0) is 20.3. The number of rotatable bonds is 0. The largest absolute Gasteiger partial charge is 0.777 e. The molecule has 0 saturated carbocycles. The zero-order valence-corrected chi connectivity index (χ0v) is 14.7. The Kier molecular flexibility index (Phi) is 11.7. The van der Waals surface area contributed by atoms with Gasteiger partial charge >= 0.3 is 24.7 Å². The van der Waals surface area contributed by atoms with Gasteiger partial charge in [0.05, 0.1) is 0 Å². The van der Waals surface area contributed by atoms with Gasteiger partial charge in [0.1, 0.15) is 0 Å². The van der Waals surface area contributed by atoms with Crippen LogP contribution in [0.4, 0.5) is 52.7 Å². The van der Waals surface area contributed by atoms with Crippen LogP contribution in [-0.2, 0) is 67.0 Å². The Bertz CT molecular complexity index is 405. The van der Waals surface area contributed by atoms with Crippen LogP contribution >= 0.6 is 0 Å². The van der Waals surface area contributed by atoms with Crippen molar-refractivity contribution < 1.29 is 69.2 Å². The first-order valence-electron chi connectivity index (χ1n) is 4.58. The molecule has 0 atom stereocenters. The Labute approximate surface area is 164 Å². The molecule has 0 aromatic heterocycles. The van der Waals surface area contributed by atoms with E-state index in [4.69, 9.17) is 0 Å². The Morgan fingerprint density at radius 1 is 0.360 bits per heavy atom. The SMILES string of the molecule is FC(F)(F)/C([S-])=C(/[S-])C(F)(F)F.FC(F)(F)/C([S-])=C(/[S-])C(F)(F)F.[Ni]. The van der Waals surface area contributed by atoms with E-state index >= 15 is 0 Å². The van der Waals surface area contributed by atoms with Gasteiger partial charge in [-0.25, -0.2) is 0 Å². The minimum absolute atomic E-state index is 0. The second-order valence-corrected chi connectivity index (χ2v) is 4.94. The summed E-state index contributed by atoms with van der Waals surface area (Å²) in [4.78, 5) is -8.81. The molecule has 0 radical (unpaired) electrons. The van der Waals surface area contributed by atoms with Crippen molar-refractivity contribution in [2.75, 3.05) is 0 Å². The minimum atomic E-state index is -5.19. The molecule has 25 heavy (non-hydrogen) atoms. The van der Waals surface area contributed by atoms with E-state index in [0.717, 1.165) is 0 Å². The summed E-state index contributed by atoms with van der Waals surface area (Å²) < 4.78 is 138. The third-order valence-corrected chi connectivity index (χ3v) is 3.44. The third-order valence-electron chi connectivity index (χ3n) is 1.44. The molecule has 0 fully saturated rings. The molecule has 0 unspecified atom stereocenters. The maximum absolute atomic E-state index is 11.5. The maximum atomic E-state index is 11.5. The van der Waals surface area contributed by atoms with Crippen LogP contribution in [0.1, 0.15) is 0 Å². The van der Waals surface area contributed by atoms with Gasteiger partial charge in [0.25, 0.3) is 0 Å². The second kappa shape index (κ2) is 9.81. The molecule has 0 aliphatic heterocycles. The summed E-state index contributed by atoms with van der Waals surface area (Å²) in [6.07, 6.45) is -20.8. The number of hydrogen-bond acceptors (Lipinski definition) is 4. The van der Waals surface area contributed by atoms with Crippen molar-refractivity contribution >= 4 is 50.5 Å². The van der Waals surface area contributed by atoms with Crippen LogP contribution in [0.3, 0.4) is 0 Å². The van der Waals surface area contributed by atoms with Crippen molar-refractivity contribution in [1.29, 1.82) is 0 Å². The second-order valence-electron chi connectivity index (χ2n) is 3.31. The van der Waals surface area contributed by atoms with Gasteiger partial charge in [0, 0.05) is 16.5 Å². The van der Waals surface area contributed by atoms with E-state index < -0.39 is 44.3 Å². The normalized spacial score (nSPS) is 15.2. The van der Waals surface area contributed by atoms with Crippen molar-refractivity contribution in [3.8, 4) is 0 Å². The molecule has 0 bridgehead atoms. The van der Waals surface area contributed by atoms with E-state index in [9.17, 15) is 52.7 Å². The van der Waals surface area contributed by atoms with Crippen LogP contribution in [-0.4, -0.2) is 24.7 Å². The van der Waals surface area contributed by atoms with Gasteiger partial charge in [-0.15, -0.1) is 19.6 Å². The molecule has 0 aliphatic rings. The van der Waals surface area contributed by atoms with Gasteiger partial charge in [0.2, 0.25) is 0 Å². The van der Waals surface area contributed by atoms with Crippen molar-refractivity contribution in [3.05, 3.63) is 19.6 Å². The van der Waals surface area contributed by atoms with Crippen LogP contribution in [0, 0.1) is 0 Å². The van der Waals surface area contributed by atoms with Crippen LogP contribution in [0.25, 0.3) is 0 Å². The summed E-state index contributed by atoms with van der Waals surface area (Å²) in [5.41, 5.74) is 0. The van der Waals surface area contributed by atoms with Crippen LogP contribution in [0.15, 0.2) is 19.6 Å². The molecule has 0 nitrogen and oxygen atoms in total. The number of halogens is 12. The summed E-state index contributed by atoms with van der Waals surface area (Å²) in [6, 6.07) is 0. The van der Waals surface area contributed by atoms with E-state index in [-0.39, 0.29) is 16.5 Å². The van der Waals surface area contributed by atoms with E-state index in [0.29, 0.717) is 0 Å². The van der Waals surface area contributed by atoms with Crippen molar-refractivity contribution in [2.24, 2.45) is 0 Å². The fraction of sp³-hybridized carbons (Fsp3) is 0.500. The number of allylic oxidation sites excluding steroid dienone is 4. The summed E-state index contributed by atoms with van der Waals surface area (Å²) in [6.45, 7) is 0. The van der Waals surface area contributed by atoms with E-state index in [2.05, 4.69) is 50.5 Å². The zero-order valence-electron chi connectivity index (χ0n) is 10.5. The van der Waals surface area contributed by atoms with Crippen molar-refractivity contribution in [3.63, 3.8) is 0 Å². The third kappa shape index (κ3) is 11.4. The van der Waals surface area contributed by atoms with Crippen LogP contribution in [0.5, 0.6) is 0 Å². The fourth-order valence-electron chi connectivity index (χ4n) is 0.515. The van der Waals surface area contributed by atoms with Crippen molar-refractivity contribution in [1.82, 2.24) is 0 Å². The Morgan fingerprint density at radius 2 is 0.440 bits per heavy atom. The van der Waals surface area contributed by atoms with Gasteiger partial charge in [0.15, 0.2) is 0 Å². The molecule has 154 valence electrons. The van der Waals surface area contributed by atoms with Gasteiger partial charge in [-0.1, -0.05) is 0 Å². The Balaban J connectivity index is -0.000000372. The molecular formula is C8F12NiS4-4.